The highest BCUT2D eigenvalue weighted by Crippen LogP contribution is 2.48. The number of fused-ring (bicyclic) bond motifs is 10. The van der Waals surface area contributed by atoms with Crippen LogP contribution in [0.1, 0.15) is 21.9 Å². The van der Waals surface area contributed by atoms with Crippen molar-refractivity contribution in [2.45, 2.75) is 0 Å². The number of rotatable bonds is 7. The Morgan fingerprint density at radius 2 is 0.518 bits per heavy atom. The van der Waals surface area contributed by atoms with Crippen LogP contribution in [-0.4, -0.2) is 0 Å². The molecule has 1 nitrogen and oxygen atoms in total. The second kappa shape index (κ2) is 21.0. The molecule has 1 aromatic heterocycles. The molecule has 1 heterocycles. The molecule has 396 valence electrons. The summed E-state index contributed by atoms with van der Waals surface area (Å²) in [6.45, 7) is 0. The molecule has 0 bridgehead atoms. The van der Waals surface area contributed by atoms with Crippen molar-refractivity contribution in [1.82, 2.24) is 0 Å². The summed E-state index contributed by atoms with van der Waals surface area (Å²) in [7, 11) is 0. The predicted molar refractivity (Wildman–Crippen MR) is 363 cm³/mol. The Morgan fingerprint density at radius 3 is 0.976 bits per heavy atom. The van der Waals surface area contributed by atoms with Gasteiger partial charge < -0.3 is 4.42 Å². The van der Waals surface area contributed by atoms with Crippen LogP contribution in [0.4, 0.5) is 0 Å². The van der Waals surface area contributed by atoms with Gasteiger partial charge in [0, 0.05) is 16.2 Å². The van der Waals surface area contributed by atoms with Gasteiger partial charge in [-0.05, 0) is 180 Å². The quantitative estimate of drug-likeness (QED) is 0.145. The summed E-state index contributed by atoms with van der Waals surface area (Å²) in [5.74, 6) is 0. The first-order chi connectivity index (χ1) is 48.8. The van der Waals surface area contributed by atoms with E-state index in [1.165, 1.54) is 0 Å². The van der Waals surface area contributed by atoms with Crippen molar-refractivity contribution in [3.05, 3.63) is 327 Å². The topological polar surface area (TPSA) is 13.1 Å². The van der Waals surface area contributed by atoms with E-state index in [1.54, 1.807) is 6.07 Å². The average Bonchev–Trinajstić information content (AvgIpc) is 0.742. The van der Waals surface area contributed by atoms with Gasteiger partial charge in [-0.25, -0.2) is 0 Å². The maximum atomic E-state index is 9.28. The van der Waals surface area contributed by atoms with Crippen molar-refractivity contribution in [2.75, 3.05) is 0 Å². The van der Waals surface area contributed by atoms with Gasteiger partial charge in [0.1, 0.15) is 11.2 Å². The molecule has 1 heteroatoms. The lowest BCUT2D eigenvalue weighted by Gasteiger charge is -2.18. The molecule has 0 saturated heterocycles. The molecule has 17 rings (SSSR count). The zero-order valence-electron chi connectivity index (χ0n) is 61.3. The molecule has 17 aromatic rings. The van der Waals surface area contributed by atoms with E-state index in [1.807, 2.05) is 218 Å². The van der Waals surface area contributed by atoms with Crippen molar-refractivity contribution < 1.29 is 26.3 Å². The highest BCUT2D eigenvalue weighted by atomic mass is 16.3. The molecule has 0 N–H and O–H groups in total. The molecule has 16 aromatic carbocycles. The Bertz CT molecular complexity index is 6230. The van der Waals surface area contributed by atoms with Crippen molar-refractivity contribution in [3.63, 3.8) is 0 Å². The molecule has 0 aliphatic rings. The Labute approximate surface area is 516 Å². The van der Waals surface area contributed by atoms with Crippen LogP contribution in [0.2, 0.25) is 0 Å². The van der Waals surface area contributed by atoms with Crippen LogP contribution in [0.5, 0.6) is 0 Å². The molecule has 0 radical (unpaired) electrons. The summed E-state index contributed by atoms with van der Waals surface area (Å²) in [4.78, 5) is 0. The van der Waals surface area contributed by atoms with Crippen LogP contribution in [-0.2, 0) is 0 Å². The van der Waals surface area contributed by atoms with E-state index in [4.69, 9.17) is 15.4 Å². The van der Waals surface area contributed by atoms with Crippen LogP contribution in [0.15, 0.2) is 332 Å². The Morgan fingerprint density at radius 1 is 0.200 bits per heavy atom. The zero-order chi connectivity index (χ0) is 70.1. The van der Waals surface area contributed by atoms with Crippen LogP contribution < -0.4 is 0 Å². The minimum atomic E-state index is -0.436. The first kappa shape index (κ1) is 35.7. The van der Waals surface area contributed by atoms with Gasteiger partial charge in [0.2, 0.25) is 0 Å². The molecule has 0 amide bonds. The highest BCUT2D eigenvalue weighted by molar-refractivity contribution is 6.24. The van der Waals surface area contributed by atoms with Crippen molar-refractivity contribution in [1.29, 1.82) is 0 Å². The van der Waals surface area contributed by atoms with Gasteiger partial charge in [-0.3, -0.25) is 0 Å². The SMILES string of the molecule is [2H]c1c([2H])c([2H])c2c(-c3ccc4c(c3)oc3c5ccccc5ccc43)c3c([2H])c([2H])c([2H])c([2H])c3c(-c3cccc(-c4ccccc4)c3)c2c1[2H].[2H]c1c([2H])c([2H])c2c(-c3ccc4cc(-c5ccccc5)ccc4c3)c3c([2H])c([2H])c([2H])c([2H])c3c(-c3cccc(-c4ccccc4)c3)c2c1[2H]. The Kier molecular flexibility index (Phi) is 8.82. The lowest BCUT2D eigenvalue weighted by molar-refractivity contribution is 0.673. The Hall–Kier alpha value is -11.1. The van der Waals surface area contributed by atoms with E-state index >= 15 is 0 Å². The monoisotopic (exact) mass is 1090 g/mol. The smallest absolute Gasteiger partial charge is 0.143 e. The summed E-state index contributed by atoms with van der Waals surface area (Å²) in [6.07, 6.45) is 0. The summed E-state index contributed by atoms with van der Waals surface area (Å²) in [5.41, 5.74) is 10.5. The Balaban J connectivity index is 0.000000157. The average molecular weight is 1100 g/mol. The second-order valence-electron chi connectivity index (χ2n) is 21.0. The summed E-state index contributed by atoms with van der Waals surface area (Å²) < 4.78 is 150. The van der Waals surface area contributed by atoms with E-state index in [0.29, 0.717) is 50.1 Å². The first-order valence-electron chi connectivity index (χ1n) is 36.0. The van der Waals surface area contributed by atoms with E-state index in [9.17, 15) is 11.0 Å². The maximum Gasteiger partial charge on any atom is 0.143 e. The summed E-state index contributed by atoms with van der Waals surface area (Å²) in [5, 5.41) is 7.09. The normalized spacial score (nSPS) is 14.2. The van der Waals surface area contributed by atoms with Crippen molar-refractivity contribution >= 4 is 86.6 Å². The van der Waals surface area contributed by atoms with Gasteiger partial charge in [-0.15, -0.1) is 0 Å². The molecule has 85 heavy (non-hydrogen) atoms. The van der Waals surface area contributed by atoms with E-state index in [0.717, 1.165) is 65.7 Å². The second-order valence-corrected chi connectivity index (χ2v) is 21.0. The third-order valence-electron chi connectivity index (χ3n) is 16.2. The largest absolute Gasteiger partial charge is 0.455 e. The van der Waals surface area contributed by atoms with Crippen LogP contribution in [0, 0.1) is 0 Å². The molecule has 0 fully saturated rings. The number of furan rings is 1. The van der Waals surface area contributed by atoms with Crippen molar-refractivity contribution in [3.8, 4) is 77.9 Å². The van der Waals surface area contributed by atoms with Crippen LogP contribution >= 0.6 is 0 Å². The van der Waals surface area contributed by atoms with Gasteiger partial charge in [0.05, 0.1) is 21.9 Å². The zero-order valence-corrected chi connectivity index (χ0v) is 45.3. The minimum Gasteiger partial charge on any atom is -0.455 e. The van der Waals surface area contributed by atoms with Gasteiger partial charge in [-0.2, -0.15) is 0 Å². The molecular formula is C84H54O. The first-order valence-corrected chi connectivity index (χ1v) is 28.0. The lowest BCUT2D eigenvalue weighted by atomic mass is 9.85. The number of benzene rings is 16. The number of hydrogen-bond acceptors (Lipinski definition) is 1. The minimum absolute atomic E-state index is 0.166. The molecule has 0 aliphatic carbocycles. The van der Waals surface area contributed by atoms with Crippen LogP contribution in [0.3, 0.4) is 0 Å². The van der Waals surface area contributed by atoms with Gasteiger partial charge in [0.25, 0.3) is 0 Å². The molecule has 0 unspecified atom stereocenters. The highest BCUT2D eigenvalue weighted by Gasteiger charge is 2.21. The van der Waals surface area contributed by atoms with E-state index < -0.39 is 48.3 Å². The predicted octanol–water partition coefficient (Wildman–Crippen LogP) is 23.9. The van der Waals surface area contributed by atoms with Gasteiger partial charge >= 0.3 is 0 Å². The third kappa shape index (κ3) is 8.81. The molecular weight excluding hydrogens is 1020 g/mol. The summed E-state index contributed by atoms with van der Waals surface area (Å²) in [6, 6.07) is 68.2. The molecule has 0 aliphatic heterocycles. The molecule has 0 saturated carbocycles. The van der Waals surface area contributed by atoms with Gasteiger partial charge in [0.15, 0.2) is 0 Å². The van der Waals surface area contributed by atoms with Gasteiger partial charge in [-0.1, -0.05) is 285 Å². The fraction of sp³-hybridized carbons (Fsp3) is 0. The maximum absolute atomic E-state index is 9.28. The van der Waals surface area contributed by atoms with E-state index in [-0.39, 0.29) is 97.0 Å². The molecule has 0 atom stereocenters. The van der Waals surface area contributed by atoms with Crippen molar-refractivity contribution in [2.24, 2.45) is 0 Å². The van der Waals surface area contributed by atoms with E-state index in [2.05, 4.69) is 6.07 Å². The summed E-state index contributed by atoms with van der Waals surface area (Å²) >= 11 is 0. The molecule has 0 spiro atoms. The third-order valence-corrected chi connectivity index (χ3v) is 16.2. The lowest BCUT2D eigenvalue weighted by Crippen LogP contribution is -1.91. The van der Waals surface area contributed by atoms with Crippen LogP contribution in [0.25, 0.3) is 164 Å². The number of hydrogen-bond donors (Lipinski definition) is 0. The fourth-order valence-corrected chi connectivity index (χ4v) is 12.2. The standard InChI is InChI=1S/C42H26O.C42H28/c1-2-11-27(12-3-1)29-14-10-15-30(25-29)40-34-17-6-8-19-36(34)41(37-20-9-7-18-35(37)40)31-22-23-33-38-24-21-28-13-4-5-16-32(28)42(38)43-39(33)26-31;1-3-12-29(13-4-1)31-16-11-17-35(27-31)41-37-18-7-9-20-39(37)42(40-21-10-8-19-38(40)41)36-25-24-33-26-32(22-23-34(33)28-36)30-14-5-2-6-15-30/h1-26H;1-28H/i6D,7D,8D,9D,17D,18D,19D,20D;7D,8D,9D,10D,18D,19D,20D,21D. The fourth-order valence-electron chi connectivity index (χ4n) is 12.2.